The average Bonchev–Trinajstić information content (AvgIpc) is 2.62. The van der Waals surface area contributed by atoms with Crippen LogP contribution in [0, 0.1) is 5.92 Å². The van der Waals surface area contributed by atoms with Crippen LogP contribution in [0.3, 0.4) is 0 Å². The van der Waals surface area contributed by atoms with Crippen molar-refractivity contribution >= 4 is 17.7 Å². The lowest BCUT2D eigenvalue weighted by Crippen LogP contribution is -2.28. The monoisotopic (exact) mass is 362 g/mol. The lowest BCUT2D eigenvalue weighted by atomic mass is 9.97. The number of ether oxygens (including phenoxy) is 1. The molecule has 0 radical (unpaired) electrons. The van der Waals surface area contributed by atoms with Crippen LogP contribution in [0.4, 0.5) is 0 Å². The molecule has 5 nitrogen and oxygen atoms in total. The fraction of sp³-hybridized carbons (Fsp3) is 0.571. The molecule has 0 aromatic heterocycles. The molecule has 1 unspecified atom stereocenters. The number of carbonyl (C=O) groups excluding carboxylic acids is 2. The summed E-state index contributed by atoms with van der Waals surface area (Å²) in [6.45, 7) is 3.89. The van der Waals surface area contributed by atoms with Gasteiger partial charge in [0.15, 0.2) is 11.7 Å². The quantitative estimate of drug-likeness (QED) is 0.243. The molecule has 0 aliphatic rings. The minimum atomic E-state index is -1.45. The van der Waals surface area contributed by atoms with Crippen LogP contribution in [-0.2, 0) is 20.7 Å². The Bertz CT molecular complexity index is 577. The second-order valence-electron chi connectivity index (χ2n) is 6.48. The highest BCUT2D eigenvalue weighted by molar-refractivity contribution is 6.03. The number of unbranched alkanes of at least 4 members (excludes halogenated alkanes) is 5. The fourth-order valence-corrected chi connectivity index (χ4v) is 2.78. The summed E-state index contributed by atoms with van der Waals surface area (Å²) in [5, 5.41) is 9.13. The maximum absolute atomic E-state index is 12.3. The number of hydrogen-bond donors (Lipinski definition) is 1. The molecule has 0 amide bonds. The van der Waals surface area contributed by atoms with Gasteiger partial charge in [0.1, 0.15) is 0 Å². The molecule has 1 aromatic rings. The Labute approximate surface area is 155 Å². The normalized spacial score (nSPS) is 11.8. The number of carbonyl (C=O) groups is 3. The van der Waals surface area contributed by atoms with Gasteiger partial charge in [-0.15, -0.1) is 0 Å². The number of aliphatic carboxylic acids is 1. The van der Waals surface area contributed by atoms with Crippen molar-refractivity contribution < 1.29 is 24.2 Å². The van der Waals surface area contributed by atoms with Crippen molar-refractivity contribution in [3.8, 4) is 0 Å². The number of esters is 1. The summed E-state index contributed by atoms with van der Waals surface area (Å²) in [6.07, 6.45) is 8.01. The molecule has 0 saturated heterocycles. The first kappa shape index (κ1) is 21.9. The van der Waals surface area contributed by atoms with Crippen molar-refractivity contribution in [2.24, 2.45) is 5.92 Å². The standard InChI is InChI=1S/C21H30O5/c1-3-5-6-7-8-9-10-16-11-13-17(14-12-16)19(22)15-18(20(23)24)21(25)26-4-2/h11-14,18H,3-10,15H2,1-2H3,(H,23,24). The highest BCUT2D eigenvalue weighted by Crippen LogP contribution is 2.15. The molecule has 0 saturated carbocycles. The zero-order valence-electron chi connectivity index (χ0n) is 15.8. The van der Waals surface area contributed by atoms with Gasteiger partial charge in [0.05, 0.1) is 6.61 Å². The second kappa shape index (κ2) is 12.2. The van der Waals surface area contributed by atoms with Crippen LogP contribution >= 0.6 is 0 Å². The van der Waals surface area contributed by atoms with Gasteiger partial charge in [-0.2, -0.15) is 0 Å². The van der Waals surface area contributed by atoms with Crippen LogP contribution in [0.25, 0.3) is 0 Å². The number of hydrogen-bond acceptors (Lipinski definition) is 4. The van der Waals surface area contributed by atoms with Crippen molar-refractivity contribution in [1.29, 1.82) is 0 Å². The van der Waals surface area contributed by atoms with E-state index in [0.29, 0.717) is 5.56 Å². The third-order valence-corrected chi connectivity index (χ3v) is 4.35. The van der Waals surface area contributed by atoms with Crippen LogP contribution in [-0.4, -0.2) is 29.4 Å². The van der Waals surface area contributed by atoms with Crippen molar-refractivity contribution in [3.63, 3.8) is 0 Å². The predicted octanol–water partition coefficient (Wildman–Crippen LogP) is 4.43. The van der Waals surface area contributed by atoms with E-state index in [2.05, 4.69) is 6.92 Å². The Morgan fingerprint density at radius 3 is 2.15 bits per heavy atom. The predicted molar refractivity (Wildman–Crippen MR) is 100 cm³/mol. The van der Waals surface area contributed by atoms with E-state index in [-0.39, 0.29) is 18.8 Å². The molecule has 0 fully saturated rings. The second-order valence-corrected chi connectivity index (χ2v) is 6.48. The number of carboxylic acids is 1. The molecular weight excluding hydrogens is 332 g/mol. The lowest BCUT2D eigenvalue weighted by molar-refractivity contribution is -0.158. The molecule has 26 heavy (non-hydrogen) atoms. The summed E-state index contributed by atoms with van der Waals surface area (Å²) in [6, 6.07) is 7.22. The van der Waals surface area contributed by atoms with E-state index in [9.17, 15) is 14.4 Å². The van der Waals surface area contributed by atoms with E-state index in [1.807, 2.05) is 12.1 Å². The summed E-state index contributed by atoms with van der Waals surface area (Å²) in [5.41, 5.74) is 1.59. The molecule has 1 aromatic carbocycles. The molecular formula is C21H30O5. The van der Waals surface area contributed by atoms with E-state index in [4.69, 9.17) is 9.84 Å². The summed E-state index contributed by atoms with van der Waals surface area (Å²) in [4.78, 5) is 35.1. The average molecular weight is 362 g/mol. The van der Waals surface area contributed by atoms with Crippen molar-refractivity contribution in [3.05, 3.63) is 35.4 Å². The van der Waals surface area contributed by atoms with Gasteiger partial charge >= 0.3 is 11.9 Å². The molecule has 0 bridgehead atoms. The summed E-state index contributed by atoms with van der Waals surface area (Å²) < 4.78 is 4.73. The molecule has 0 aliphatic heterocycles. The van der Waals surface area contributed by atoms with Gasteiger partial charge in [-0.1, -0.05) is 63.3 Å². The maximum Gasteiger partial charge on any atom is 0.320 e. The molecule has 1 N–H and O–H groups in total. The van der Waals surface area contributed by atoms with E-state index < -0.39 is 17.9 Å². The Balaban J connectivity index is 2.52. The summed E-state index contributed by atoms with van der Waals surface area (Å²) >= 11 is 0. The highest BCUT2D eigenvalue weighted by Gasteiger charge is 2.30. The molecule has 5 heteroatoms. The molecule has 144 valence electrons. The third kappa shape index (κ3) is 7.81. The maximum atomic E-state index is 12.3. The topological polar surface area (TPSA) is 80.7 Å². The van der Waals surface area contributed by atoms with Gasteiger partial charge in [-0.25, -0.2) is 0 Å². The van der Waals surface area contributed by atoms with Gasteiger partial charge in [0.2, 0.25) is 0 Å². The Morgan fingerprint density at radius 2 is 1.58 bits per heavy atom. The van der Waals surface area contributed by atoms with E-state index >= 15 is 0 Å². The van der Waals surface area contributed by atoms with Gasteiger partial charge < -0.3 is 9.84 Å². The largest absolute Gasteiger partial charge is 0.481 e. The molecule has 0 heterocycles. The Hall–Kier alpha value is -2.17. The van der Waals surface area contributed by atoms with Gasteiger partial charge in [0.25, 0.3) is 0 Å². The smallest absolute Gasteiger partial charge is 0.320 e. The number of benzene rings is 1. The SMILES string of the molecule is CCCCCCCCc1ccc(C(=O)CC(C(=O)O)C(=O)OCC)cc1. The lowest BCUT2D eigenvalue weighted by Gasteiger charge is -2.10. The van der Waals surface area contributed by atoms with Crippen LogP contribution in [0.15, 0.2) is 24.3 Å². The molecule has 0 spiro atoms. The first-order valence-electron chi connectivity index (χ1n) is 9.51. The zero-order valence-corrected chi connectivity index (χ0v) is 15.8. The van der Waals surface area contributed by atoms with Crippen LogP contribution < -0.4 is 0 Å². The van der Waals surface area contributed by atoms with E-state index in [1.165, 1.54) is 32.1 Å². The Morgan fingerprint density at radius 1 is 0.962 bits per heavy atom. The fourth-order valence-electron chi connectivity index (χ4n) is 2.78. The first-order valence-corrected chi connectivity index (χ1v) is 9.51. The minimum absolute atomic E-state index is 0.0872. The molecule has 1 rings (SSSR count). The number of Topliss-reactive ketones (excluding diaryl/α,β-unsaturated/α-hetero) is 1. The minimum Gasteiger partial charge on any atom is -0.481 e. The van der Waals surface area contributed by atoms with Crippen molar-refractivity contribution in [2.75, 3.05) is 6.61 Å². The zero-order chi connectivity index (χ0) is 19.4. The number of rotatable bonds is 13. The number of ketones is 1. The number of carboxylic acid groups (broad SMARTS) is 1. The van der Waals surface area contributed by atoms with Gasteiger partial charge in [0, 0.05) is 12.0 Å². The van der Waals surface area contributed by atoms with Crippen LogP contribution in [0.5, 0.6) is 0 Å². The summed E-state index contributed by atoms with van der Waals surface area (Å²) in [7, 11) is 0. The third-order valence-electron chi connectivity index (χ3n) is 4.35. The Kier molecular flexibility index (Phi) is 10.3. The van der Waals surface area contributed by atoms with Crippen molar-refractivity contribution in [2.45, 2.75) is 65.2 Å². The molecule has 1 atom stereocenters. The summed E-state index contributed by atoms with van der Waals surface area (Å²) in [5.74, 6) is -4.02. The van der Waals surface area contributed by atoms with Gasteiger partial charge in [-0.05, 0) is 25.3 Å². The highest BCUT2D eigenvalue weighted by atomic mass is 16.5. The molecule has 0 aliphatic carbocycles. The van der Waals surface area contributed by atoms with Crippen LogP contribution in [0.2, 0.25) is 0 Å². The van der Waals surface area contributed by atoms with Gasteiger partial charge in [-0.3, -0.25) is 14.4 Å². The van der Waals surface area contributed by atoms with Crippen molar-refractivity contribution in [1.82, 2.24) is 0 Å². The first-order chi connectivity index (χ1) is 12.5. The van der Waals surface area contributed by atoms with E-state index in [1.54, 1.807) is 19.1 Å². The van der Waals surface area contributed by atoms with E-state index in [0.717, 1.165) is 18.4 Å². The number of aryl methyl sites for hydroxylation is 1. The van der Waals surface area contributed by atoms with Crippen LogP contribution in [0.1, 0.15) is 74.7 Å².